The number of thiazole rings is 1. The molecule has 0 spiro atoms. The van der Waals surface area contributed by atoms with Gasteiger partial charge in [0.2, 0.25) is 6.35 Å². The molecule has 0 aliphatic carbocycles. The molecule has 0 bridgehead atoms. The van der Waals surface area contributed by atoms with E-state index in [9.17, 15) is 23.1 Å². The number of hydrogen-bond donors (Lipinski definition) is 1. The van der Waals surface area contributed by atoms with E-state index in [1.165, 1.54) is 37.8 Å². The van der Waals surface area contributed by atoms with Crippen LogP contribution in [0.2, 0.25) is 5.02 Å². The number of ether oxygens (including phenoxy) is 2. The Morgan fingerprint density at radius 3 is 2.55 bits per heavy atom. The van der Waals surface area contributed by atoms with Crippen LogP contribution >= 0.6 is 22.9 Å². The van der Waals surface area contributed by atoms with Gasteiger partial charge in [0.15, 0.2) is 11.5 Å². The van der Waals surface area contributed by atoms with Gasteiger partial charge in [0.1, 0.15) is 11.5 Å². The molecule has 0 fully saturated rings. The molecular formula is C24H19ClF3N5O4S. The normalized spacial score (nSPS) is 15.5. The number of amides is 1. The van der Waals surface area contributed by atoms with Gasteiger partial charge in [-0.2, -0.15) is 4.98 Å². The summed E-state index contributed by atoms with van der Waals surface area (Å²) in [4.78, 5) is 25.6. The highest BCUT2D eigenvalue weighted by Gasteiger charge is 2.40. The third kappa shape index (κ3) is 5.39. The van der Waals surface area contributed by atoms with Crippen molar-refractivity contribution in [2.75, 3.05) is 11.9 Å². The number of nitrogens with zero attached hydrogens (tertiary/aromatic N) is 5. The molecule has 38 heavy (non-hydrogen) atoms. The second-order valence-corrected chi connectivity index (χ2v) is 9.67. The summed E-state index contributed by atoms with van der Waals surface area (Å²) in [5.74, 6) is -0.835. The number of aliphatic hydroxyl groups is 1. The lowest BCUT2D eigenvalue weighted by Gasteiger charge is -2.38. The average molecular weight is 566 g/mol. The summed E-state index contributed by atoms with van der Waals surface area (Å²) in [7, 11) is 1.57. The maximum atomic E-state index is 13.7. The fraction of sp³-hybridized carbons (Fsp3) is 0.208. The minimum Gasteiger partial charge on any atom is -0.425 e. The number of benzene rings is 2. The van der Waals surface area contributed by atoms with Crippen LogP contribution < -0.4 is 14.4 Å². The predicted molar refractivity (Wildman–Crippen MR) is 132 cm³/mol. The van der Waals surface area contributed by atoms with E-state index >= 15 is 0 Å². The van der Waals surface area contributed by atoms with E-state index in [0.717, 1.165) is 22.6 Å². The summed E-state index contributed by atoms with van der Waals surface area (Å²) in [6, 6.07) is 11.8. The van der Waals surface area contributed by atoms with Crippen molar-refractivity contribution in [3.63, 3.8) is 0 Å². The standard InChI is InChI=1S/C24H19ClF3N5O4S/c1-31-20-19(21(34)33(23(31)35)12-18-10-29-13-38-18)32(11-14-5-7-15(25)8-6-14)22(30-20)36-16-3-2-4-17(9-16)37-24(26,27)28/h2-10,13,23,35H,11-12H2,1H3. The molecule has 2 aromatic carbocycles. The van der Waals surface area contributed by atoms with Gasteiger partial charge < -0.3 is 19.5 Å². The molecule has 1 atom stereocenters. The lowest BCUT2D eigenvalue weighted by atomic mass is 10.2. The van der Waals surface area contributed by atoms with Gasteiger partial charge in [-0.3, -0.25) is 19.2 Å². The number of anilines is 1. The van der Waals surface area contributed by atoms with Crippen molar-refractivity contribution in [2.45, 2.75) is 25.8 Å². The quantitative estimate of drug-likeness (QED) is 0.333. The highest BCUT2D eigenvalue weighted by molar-refractivity contribution is 7.09. The molecule has 4 aromatic rings. The number of alkyl halides is 3. The van der Waals surface area contributed by atoms with Gasteiger partial charge in [0, 0.05) is 29.2 Å². The molecule has 2 aromatic heterocycles. The van der Waals surface area contributed by atoms with Gasteiger partial charge in [0.25, 0.3) is 5.91 Å². The number of aliphatic hydroxyl groups excluding tert-OH is 1. The molecule has 0 saturated carbocycles. The van der Waals surface area contributed by atoms with E-state index in [2.05, 4.69) is 14.7 Å². The molecule has 5 rings (SSSR count). The second-order valence-electron chi connectivity index (χ2n) is 8.26. The van der Waals surface area contributed by atoms with Crippen molar-refractivity contribution in [1.29, 1.82) is 0 Å². The Morgan fingerprint density at radius 1 is 1.13 bits per heavy atom. The van der Waals surface area contributed by atoms with Crippen LogP contribution in [0.4, 0.5) is 19.0 Å². The minimum atomic E-state index is -4.88. The molecule has 1 N–H and O–H groups in total. The Morgan fingerprint density at radius 2 is 1.87 bits per heavy atom. The van der Waals surface area contributed by atoms with Crippen LogP contribution in [0.5, 0.6) is 17.5 Å². The van der Waals surface area contributed by atoms with Crippen molar-refractivity contribution >= 4 is 34.7 Å². The van der Waals surface area contributed by atoms with E-state index in [-0.39, 0.29) is 36.4 Å². The van der Waals surface area contributed by atoms with Crippen molar-refractivity contribution < 1.29 is 32.5 Å². The average Bonchev–Trinajstić information content (AvgIpc) is 3.49. The molecule has 3 heterocycles. The highest BCUT2D eigenvalue weighted by Crippen LogP contribution is 2.36. The smallest absolute Gasteiger partial charge is 0.425 e. The summed E-state index contributed by atoms with van der Waals surface area (Å²) in [6.45, 7) is 0.227. The van der Waals surface area contributed by atoms with Crippen molar-refractivity contribution in [1.82, 2.24) is 19.4 Å². The zero-order valence-electron chi connectivity index (χ0n) is 19.6. The lowest BCUT2D eigenvalue weighted by Crippen LogP contribution is -2.53. The van der Waals surface area contributed by atoms with Crippen LogP contribution in [0.3, 0.4) is 0 Å². The number of fused-ring (bicyclic) bond motifs is 1. The third-order valence-electron chi connectivity index (χ3n) is 5.65. The topological polar surface area (TPSA) is 93.0 Å². The molecule has 1 aliphatic heterocycles. The number of hydrogen-bond acceptors (Lipinski definition) is 8. The maximum absolute atomic E-state index is 13.7. The molecule has 1 amide bonds. The van der Waals surface area contributed by atoms with Crippen LogP contribution in [-0.4, -0.2) is 50.2 Å². The van der Waals surface area contributed by atoms with Crippen molar-refractivity contribution in [3.05, 3.63) is 81.4 Å². The first-order valence-electron chi connectivity index (χ1n) is 11.1. The van der Waals surface area contributed by atoms with E-state index in [1.54, 1.807) is 43.0 Å². The van der Waals surface area contributed by atoms with Crippen LogP contribution in [0.15, 0.2) is 60.2 Å². The fourth-order valence-electron chi connectivity index (χ4n) is 3.92. The predicted octanol–water partition coefficient (Wildman–Crippen LogP) is 5.10. The largest absolute Gasteiger partial charge is 0.573 e. The van der Waals surface area contributed by atoms with Gasteiger partial charge in [-0.1, -0.05) is 29.8 Å². The summed E-state index contributed by atoms with van der Waals surface area (Å²) in [6.07, 6.45) is -4.60. The van der Waals surface area contributed by atoms with E-state index < -0.39 is 24.4 Å². The summed E-state index contributed by atoms with van der Waals surface area (Å²) >= 11 is 7.36. The molecule has 0 saturated heterocycles. The Labute approximate surface area is 223 Å². The number of carbonyl (C=O) groups excluding carboxylic acids is 1. The molecule has 1 unspecified atom stereocenters. The molecular weight excluding hydrogens is 547 g/mol. The molecule has 14 heteroatoms. The Bertz CT molecular complexity index is 1450. The molecule has 9 nitrogen and oxygen atoms in total. The van der Waals surface area contributed by atoms with Gasteiger partial charge in [0.05, 0.1) is 18.6 Å². The SMILES string of the molecule is CN1c2nc(Oc3cccc(OC(F)(F)F)c3)n(Cc3ccc(Cl)cc3)c2C(=O)N(Cc2cncs2)C1O. The number of aromatic nitrogens is 3. The van der Waals surface area contributed by atoms with Crippen molar-refractivity contribution in [2.24, 2.45) is 0 Å². The number of halogens is 4. The zero-order valence-corrected chi connectivity index (χ0v) is 21.2. The first kappa shape index (κ1) is 25.8. The van der Waals surface area contributed by atoms with Gasteiger partial charge in [-0.15, -0.1) is 24.5 Å². The monoisotopic (exact) mass is 565 g/mol. The Kier molecular flexibility index (Phi) is 6.90. The molecule has 0 radical (unpaired) electrons. The van der Waals surface area contributed by atoms with Crippen LogP contribution in [0.25, 0.3) is 0 Å². The van der Waals surface area contributed by atoms with Crippen LogP contribution in [0.1, 0.15) is 20.9 Å². The van der Waals surface area contributed by atoms with Gasteiger partial charge in [-0.25, -0.2) is 0 Å². The fourth-order valence-corrected chi connectivity index (χ4v) is 4.63. The van der Waals surface area contributed by atoms with E-state index in [0.29, 0.717) is 5.02 Å². The van der Waals surface area contributed by atoms with Gasteiger partial charge >= 0.3 is 12.4 Å². The van der Waals surface area contributed by atoms with Crippen LogP contribution in [-0.2, 0) is 13.1 Å². The summed E-state index contributed by atoms with van der Waals surface area (Å²) in [5, 5.41) is 11.4. The van der Waals surface area contributed by atoms with Crippen LogP contribution in [0, 0.1) is 0 Å². The van der Waals surface area contributed by atoms with E-state index in [4.69, 9.17) is 16.3 Å². The minimum absolute atomic E-state index is 0.00335. The number of rotatable bonds is 7. The van der Waals surface area contributed by atoms with Crippen molar-refractivity contribution in [3.8, 4) is 17.5 Å². The third-order valence-corrected chi connectivity index (χ3v) is 6.67. The number of carbonyl (C=O) groups is 1. The molecule has 1 aliphatic rings. The maximum Gasteiger partial charge on any atom is 0.573 e. The summed E-state index contributed by atoms with van der Waals surface area (Å²) in [5.41, 5.74) is 2.51. The van der Waals surface area contributed by atoms with E-state index in [1.807, 2.05) is 0 Å². The second kappa shape index (κ2) is 10.2. The first-order chi connectivity index (χ1) is 18.1. The zero-order chi connectivity index (χ0) is 27.0. The Hall–Kier alpha value is -3.81. The first-order valence-corrected chi connectivity index (χ1v) is 12.3. The highest BCUT2D eigenvalue weighted by atomic mass is 35.5. The Balaban J connectivity index is 1.56. The summed E-state index contributed by atoms with van der Waals surface area (Å²) < 4.78 is 49.5. The molecule has 198 valence electrons. The lowest BCUT2D eigenvalue weighted by molar-refractivity contribution is -0.274. The van der Waals surface area contributed by atoms with Gasteiger partial charge in [-0.05, 0) is 29.8 Å². The number of imidazole rings is 1.